The molecule has 2 rings (SSSR count). The number of rotatable bonds is 6. The first-order valence-electron chi connectivity index (χ1n) is 6.39. The van der Waals surface area contributed by atoms with Crippen LogP contribution >= 0.6 is 27.5 Å². The van der Waals surface area contributed by atoms with Gasteiger partial charge in [-0.15, -0.1) is 0 Å². The van der Waals surface area contributed by atoms with E-state index in [1.807, 2.05) is 30.3 Å². The van der Waals surface area contributed by atoms with Crippen LogP contribution in [0.15, 0.2) is 59.5 Å². The fourth-order valence-electron chi connectivity index (χ4n) is 1.92. The van der Waals surface area contributed by atoms with Crippen molar-refractivity contribution in [2.75, 3.05) is 11.9 Å². The maximum absolute atomic E-state index is 12.7. The average Bonchev–Trinajstić information content (AvgIpc) is 2.48. The Bertz CT molecular complexity index is 675. The van der Waals surface area contributed by atoms with Gasteiger partial charge in [0.25, 0.3) is 0 Å². The van der Waals surface area contributed by atoms with E-state index in [4.69, 9.17) is 11.6 Å². The molecule has 2 aromatic rings. The standard InChI is InChI=1S/C15H15BrClNO2S/c16-10-11-18(12-13-4-2-1-3-5-13)21(19,20)15-8-6-14(17)7-9-15/h1-9H,10-12H2. The second-order valence-corrected chi connectivity index (χ2v) is 7.63. The summed E-state index contributed by atoms with van der Waals surface area (Å²) in [6, 6.07) is 15.8. The quantitative estimate of drug-likeness (QED) is 0.703. The Kier molecular flexibility index (Phi) is 5.81. The molecule has 0 aliphatic heterocycles. The molecule has 0 bridgehead atoms. The highest BCUT2D eigenvalue weighted by molar-refractivity contribution is 9.09. The van der Waals surface area contributed by atoms with Gasteiger partial charge in [0.05, 0.1) is 4.90 Å². The molecule has 0 heterocycles. The minimum atomic E-state index is -3.53. The molecule has 0 spiro atoms. The molecule has 2 aromatic carbocycles. The molecule has 0 radical (unpaired) electrons. The van der Waals surface area contributed by atoms with Gasteiger partial charge in [0.2, 0.25) is 10.0 Å². The minimum Gasteiger partial charge on any atom is -0.207 e. The molecule has 0 fully saturated rings. The number of hydrogen-bond acceptors (Lipinski definition) is 2. The van der Waals surface area contributed by atoms with Gasteiger partial charge in [0, 0.05) is 23.4 Å². The smallest absolute Gasteiger partial charge is 0.207 e. The third kappa shape index (κ3) is 4.30. The summed E-state index contributed by atoms with van der Waals surface area (Å²) in [5.41, 5.74) is 0.955. The fraction of sp³-hybridized carbons (Fsp3) is 0.200. The van der Waals surface area contributed by atoms with Crippen molar-refractivity contribution in [2.45, 2.75) is 11.4 Å². The average molecular weight is 389 g/mol. The summed E-state index contributed by atoms with van der Waals surface area (Å²) < 4.78 is 26.9. The van der Waals surface area contributed by atoms with Gasteiger partial charge in [0.1, 0.15) is 0 Å². The maximum atomic E-state index is 12.7. The predicted molar refractivity (Wildman–Crippen MR) is 89.3 cm³/mol. The van der Waals surface area contributed by atoms with Gasteiger partial charge in [-0.3, -0.25) is 0 Å². The maximum Gasteiger partial charge on any atom is 0.243 e. The van der Waals surface area contributed by atoms with Crippen LogP contribution in [-0.4, -0.2) is 24.6 Å². The zero-order valence-electron chi connectivity index (χ0n) is 11.2. The molecule has 0 aliphatic carbocycles. The Morgan fingerprint density at radius 1 is 1.00 bits per heavy atom. The van der Waals surface area contributed by atoms with Crippen LogP contribution in [0.25, 0.3) is 0 Å². The molecule has 6 heteroatoms. The summed E-state index contributed by atoms with van der Waals surface area (Å²) >= 11 is 9.13. The van der Waals surface area contributed by atoms with E-state index in [1.54, 1.807) is 12.1 Å². The van der Waals surface area contributed by atoms with Crippen LogP contribution in [0.2, 0.25) is 5.02 Å². The van der Waals surface area contributed by atoms with Crippen LogP contribution in [-0.2, 0) is 16.6 Å². The summed E-state index contributed by atoms with van der Waals surface area (Å²) in [4.78, 5) is 0.254. The number of halogens is 2. The molecule has 0 atom stereocenters. The Labute approximate surface area is 138 Å². The van der Waals surface area contributed by atoms with Crippen molar-refractivity contribution >= 4 is 37.6 Å². The lowest BCUT2D eigenvalue weighted by atomic mass is 10.2. The summed E-state index contributed by atoms with van der Waals surface area (Å²) in [7, 11) is -3.53. The molecule has 0 N–H and O–H groups in total. The Morgan fingerprint density at radius 3 is 2.19 bits per heavy atom. The molecule has 0 unspecified atom stereocenters. The van der Waals surface area contributed by atoms with E-state index in [9.17, 15) is 8.42 Å². The van der Waals surface area contributed by atoms with Gasteiger partial charge < -0.3 is 0 Å². The second-order valence-electron chi connectivity index (χ2n) is 4.47. The van der Waals surface area contributed by atoms with Crippen molar-refractivity contribution in [1.82, 2.24) is 4.31 Å². The van der Waals surface area contributed by atoms with E-state index in [0.29, 0.717) is 23.4 Å². The second kappa shape index (κ2) is 7.40. The predicted octanol–water partition coefficient (Wildman–Crippen LogP) is 3.93. The molecular formula is C15H15BrClNO2S. The monoisotopic (exact) mass is 387 g/mol. The van der Waals surface area contributed by atoms with Crippen molar-refractivity contribution in [2.24, 2.45) is 0 Å². The molecule has 0 amide bonds. The zero-order chi connectivity index (χ0) is 15.3. The van der Waals surface area contributed by atoms with Crippen LogP contribution in [0.3, 0.4) is 0 Å². The zero-order valence-corrected chi connectivity index (χ0v) is 14.4. The first-order chi connectivity index (χ1) is 10.0. The van der Waals surface area contributed by atoms with Crippen molar-refractivity contribution < 1.29 is 8.42 Å². The molecule has 0 saturated carbocycles. The van der Waals surface area contributed by atoms with Gasteiger partial charge in [0.15, 0.2) is 0 Å². The van der Waals surface area contributed by atoms with Gasteiger partial charge in [-0.05, 0) is 29.8 Å². The molecule has 0 saturated heterocycles. The number of nitrogens with zero attached hydrogens (tertiary/aromatic N) is 1. The lowest BCUT2D eigenvalue weighted by molar-refractivity contribution is 0.426. The van der Waals surface area contributed by atoms with E-state index >= 15 is 0 Å². The van der Waals surface area contributed by atoms with Crippen LogP contribution in [0.5, 0.6) is 0 Å². The third-order valence-electron chi connectivity index (χ3n) is 2.99. The molecule has 112 valence electrons. The van der Waals surface area contributed by atoms with E-state index in [2.05, 4.69) is 15.9 Å². The van der Waals surface area contributed by atoms with Crippen LogP contribution in [0, 0.1) is 0 Å². The number of sulfonamides is 1. The van der Waals surface area contributed by atoms with Crippen molar-refractivity contribution in [3.63, 3.8) is 0 Å². The van der Waals surface area contributed by atoms with Gasteiger partial charge in [-0.1, -0.05) is 57.9 Å². The topological polar surface area (TPSA) is 37.4 Å². The molecule has 0 aliphatic rings. The van der Waals surface area contributed by atoms with E-state index < -0.39 is 10.0 Å². The lowest BCUT2D eigenvalue weighted by Crippen LogP contribution is -2.32. The molecule has 0 aromatic heterocycles. The Hall–Kier alpha value is -0.880. The third-order valence-corrected chi connectivity index (χ3v) is 5.45. The first kappa shape index (κ1) is 16.5. The Morgan fingerprint density at radius 2 is 1.62 bits per heavy atom. The van der Waals surface area contributed by atoms with Gasteiger partial charge in [-0.2, -0.15) is 4.31 Å². The highest BCUT2D eigenvalue weighted by Gasteiger charge is 2.23. The van der Waals surface area contributed by atoms with Crippen molar-refractivity contribution in [1.29, 1.82) is 0 Å². The van der Waals surface area contributed by atoms with Crippen molar-refractivity contribution in [3.8, 4) is 0 Å². The Balaban J connectivity index is 2.30. The van der Waals surface area contributed by atoms with E-state index in [1.165, 1.54) is 16.4 Å². The summed E-state index contributed by atoms with van der Waals surface area (Å²) in [5, 5.41) is 1.09. The summed E-state index contributed by atoms with van der Waals surface area (Å²) in [6.45, 7) is 0.747. The SMILES string of the molecule is O=S(=O)(c1ccc(Cl)cc1)N(CCBr)Cc1ccccc1. The lowest BCUT2D eigenvalue weighted by Gasteiger charge is -2.21. The van der Waals surface area contributed by atoms with Gasteiger partial charge in [-0.25, -0.2) is 8.42 Å². The minimum absolute atomic E-state index is 0.254. The van der Waals surface area contributed by atoms with Crippen LogP contribution < -0.4 is 0 Å². The fourth-order valence-corrected chi connectivity index (χ4v) is 4.14. The molecular weight excluding hydrogens is 374 g/mol. The molecule has 3 nitrogen and oxygen atoms in total. The highest BCUT2D eigenvalue weighted by Crippen LogP contribution is 2.20. The normalized spacial score (nSPS) is 11.8. The van der Waals surface area contributed by atoms with Crippen LogP contribution in [0.4, 0.5) is 0 Å². The van der Waals surface area contributed by atoms with Crippen LogP contribution in [0.1, 0.15) is 5.56 Å². The van der Waals surface area contributed by atoms with Crippen molar-refractivity contribution in [3.05, 3.63) is 65.2 Å². The van der Waals surface area contributed by atoms with Gasteiger partial charge >= 0.3 is 0 Å². The summed E-state index contributed by atoms with van der Waals surface area (Å²) in [6.07, 6.45) is 0. The highest BCUT2D eigenvalue weighted by atomic mass is 79.9. The first-order valence-corrected chi connectivity index (χ1v) is 9.33. The number of benzene rings is 2. The largest absolute Gasteiger partial charge is 0.243 e. The number of hydrogen-bond donors (Lipinski definition) is 0. The van der Waals surface area contributed by atoms with E-state index in [0.717, 1.165) is 5.56 Å². The van der Waals surface area contributed by atoms with E-state index in [-0.39, 0.29) is 4.90 Å². The molecule has 21 heavy (non-hydrogen) atoms. The summed E-state index contributed by atoms with van der Waals surface area (Å²) in [5.74, 6) is 0. The number of alkyl halides is 1.